The maximum absolute atomic E-state index is 6.05. The zero-order valence-electron chi connectivity index (χ0n) is 8.27. The van der Waals surface area contributed by atoms with Crippen molar-refractivity contribution in [3.63, 3.8) is 0 Å². The number of nitrogens with one attached hydrogen (secondary N) is 1. The van der Waals surface area contributed by atoms with Gasteiger partial charge >= 0.3 is 0 Å². The fraction of sp³-hybridized carbons (Fsp3) is 0.182. The summed E-state index contributed by atoms with van der Waals surface area (Å²) < 4.78 is 1.81. The molecule has 2 aromatic rings. The number of nitrogen functional groups attached to an aromatic ring is 1. The van der Waals surface area contributed by atoms with Crippen molar-refractivity contribution in [2.45, 2.75) is 13.1 Å². The molecule has 0 aliphatic carbocycles. The second-order valence-electron chi connectivity index (χ2n) is 3.66. The van der Waals surface area contributed by atoms with Gasteiger partial charge in [-0.05, 0) is 12.1 Å². The van der Waals surface area contributed by atoms with Crippen molar-refractivity contribution in [1.82, 2.24) is 15.1 Å². The summed E-state index contributed by atoms with van der Waals surface area (Å²) in [5.74, 6) is 0.751. The largest absolute Gasteiger partial charge is 0.383 e. The first-order chi connectivity index (χ1) is 7.36. The van der Waals surface area contributed by atoms with Gasteiger partial charge in [-0.1, -0.05) is 18.2 Å². The lowest BCUT2D eigenvalue weighted by Crippen LogP contribution is -2.08. The minimum atomic E-state index is 0.751. The third kappa shape index (κ3) is 1.22. The number of anilines is 1. The number of nitrogens with two attached hydrogens (primary N) is 1. The van der Waals surface area contributed by atoms with Crippen LogP contribution in [-0.4, -0.2) is 9.78 Å². The first-order valence-electron chi connectivity index (χ1n) is 4.98. The van der Waals surface area contributed by atoms with Crippen LogP contribution >= 0.6 is 0 Å². The third-order valence-corrected chi connectivity index (χ3v) is 2.70. The molecular formula is C11H12N4. The Kier molecular flexibility index (Phi) is 1.76. The van der Waals surface area contributed by atoms with Gasteiger partial charge in [-0.3, -0.25) is 0 Å². The standard InChI is InChI=1S/C11H12N4/c12-11-9-6-13-7-10(9)14-15(11)8-4-2-1-3-5-8/h1-5,13H,6-7,12H2. The molecule has 4 nitrogen and oxygen atoms in total. The van der Waals surface area contributed by atoms with Gasteiger partial charge in [-0.25, -0.2) is 4.68 Å². The Morgan fingerprint density at radius 3 is 2.73 bits per heavy atom. The number of benzene rings is 1. The van der Waals surface area contributed by atoms with Gasteiger partial charge < -0.3 is 11.1 Å². The van der Waals surface area contributed by atoms with Crippen molar-refractivity contribution >= 4 is 5.82 Å². The topological polar surface area (TPSA) is 55.9 Å². The molecule has 3 rings (SSSR count). The predicted octanol–water partition coefficient (Wildman–Crippen LogP) is 1.06. The second-order valence-corrected chi connectivity index (χ2v) is 3.66. The first kappa shape index (κ1) is 8.49. The van der Waals surface area contributed by atoms with Crippen LogP contribution in [0, 0.1) is 0 Å². The molecule has 0 fully saturated rings. The third-order valence-electron chi connectivity index (χ3n) is 2.70. The molecule has 0 saturated carbocycles. The highest BCUT2D eigenvalue weighted by molar-refractivity contribution is 5.51. The minimum absolute atomic E-state index is 0.751. The molecule has 2 heterocycles. The summed E-state index contributed by atoms with van der Waals surface area (Å²) in [6, 6.07) is 9.97. The molecule has 0 amide bonds. The van der Waals surface area contributed by atoms with Crippen LogP contribution in [0.4, 0.5) is 5.82 Å². The average Bonchev–Trinajstić information content (AvgIpc) is 2.83. The van der Waals surface area contributed by atoms with Gasteiger partial charge in [0.05, 0.1) is 11.4 Å². The monoisotopic (exact) mass is 200 g/mol. The number of aromatic nitrogens is 2. The molecule has 0 spiro atoms. The molecule has 0 saturated heterocycles. The van der Waals surface area contributed by atoms with Crippen LogP contribution in [0.1, 0.15) is 11.3 Å². The van der Waals surface area contributed by atoms with E-state index >= 15 is 0 Å². The summed E-state index contributed by atoms with van der Waals surface area (Å²) >= 11 is 0. The van der Waals surface area contributed by atoms with E-state index in [9.17, 15) is 0 Å². The summed E-state index contributed by atoms with van der Waals surface area (Å²) in [6.07, 6.45) is 0. The summed E-state index contributed by atoms with van der Waals surface area (Å²) in [7, 11) is 0. The summed E-state index contributed by atoms with van der Waals surface area (Å²) in [5, 5.41) is 7.72. The van der Waals surface area contributed by atoms with E-state index in [-0.39, 0.29) is 0 Å². The highest BCUT2D eigenvalue weighted by atomic mass is 15.3. The van der Waals surface area contributed by atoms with Crippen molar-refractivity contribution in [3.8, 4) is 5.69 Å². The van der Waals surface area contributed by atoms with Crippen LogP contribution in [-0.2, 0) is 13.1 Å². The number of para-hydroxylation sites is 1. The average molecular weight is 200 g/mol. The summed E-state index contributed by atoms with van der Waals surface area (Å²) in [6.45, 7) is 1.65. The number of nitrogens with zero attached hydrogens (tertiary/aromatic N) is 2. The Balaban J connectivity index is 2.14. The Morgan fingerprint density at radius 2 is 2.00 bits per heavy atom. The minimum Gasteiger partial charge on any atom is -0.383 e. The lowest BCUT2D eigenvalue weighted by atomic mass is 10.3. The van der Waals surface area contributed by atoms with Gasteiger partial charge in [0.25, 0.3) is 0 Å². The summed E-state index contributed by atoms with van der Waals surface area (Å²) in [4.78, 5) is 0. The fourth-order valence-corrected chi connectivity index (χ4v) is 1.92. The van der Waals surface area contributed by atoms with Crippen molar-refractivity contribution in [2.75, 3.05) is 5.73 Å². The predicted molar refractivity (Wildman–Crippen MR) is 58.5 cm³/mol. The van der Waals surface area contributed by atoms with Crippen LogP contribution in [0.15, 0.2) is 30.3 Å². The van der Waals surface area contributed by atoms with Crippen LogP contribution in [0.25, 0.3) is 5.69 Å². The van der Waals surface area contributed by atoms with Crippen molar-refractivity contribution in [1.29, 1.82) is 0 Å². The van der Waals surface area contributed by atoms with Gasteiger partial charge in [-0.15, -0.1) is 0 Å². The van der Waals surface area contributed by atoms with E-state index in [0.717, 1.165) is 35.9 Å². The van der Waals surface area contributed by atoms with E-state index < -0.39 is 0 Å². The molecule has 0 unspecified atom stereocenters. The highest BCUT2D eigenvalue weighted by Gasteiger charge is 2.20. The van der Waals surface area contributed by atoms with Crippen LogP contribution in [0.2, 0.25) is 0 Å². The molecular weight excluding hydrogens is 188 g/mol. The van der Waals surface area contributed by atoms with E-state index in [4.69, 9.17) is 5.73 Å². The summed E-state index contributed by atoms with van der Waals surface area (Å²) in [5.41, 5.74) is 9.27. The zero-order valence-corrected chi connectivity index (χ0v) is 8.27. The van der Waals surface area contributed by atoms with E-state index in [1.165, 1.54) is 0 Å². The SMILES string of the molecule is Nc1c2c(nn1-c1ccccc1)CNC2. The van der Waals surface area contributed by atoms with E-state index in [1.54, 1.807) is 0 Å². The zero-order chi connectivity index (χ0) is 10.3. The molecule has 15 heavy (non-hydrogen) atoms. The molecule has 0 bridgehead atoms. The second kappa shape index (κ2) is 3.10. The Labute approximate surface area is 87.7 Å². The maximum atomic E-state index is 6.05. The van der Waals surface area contributed by atoms with Gasteiger partial charge in [-0.2, -0.15) is 5.10 Å². The van der Waals surface area contributed by atoms with E-state index in [0.29, 0.717) is 0 Å². The molecule has 1 aliphatic rings. The first-order valence-corrected chi connectivity index (χ1v) is 4.98. The quantitative estimate of drug-likeness (QED) is 0.723. The van der Waals surface area contributed by atoms with Crippen molar-refractivity contribution in [2.24, 2.45) is 0 Å². The Morgan fingerprint density at radius 1 is 1.20 bits per heavy atom. The number of rotatable bonds is 1. The van der Waals surface area contributed by atoms with Gasteiger partial charge in [0.15, 0.2) is 0 Å². The van der Waals surface area contributed by atoms with Crippen LogP contribution in [0.5, 0.6) is 0 Å². The number of hydrogen-bond acceptors (Lipinski definition) is 3. The lowest BCUT2D eigenvalue weighted by Gasteiger charge is -2.04. The molecule has 4 heteroatoms. The lowest BCUT2D eigenvalue weighted by molar-refractivity contribution is 0.725. The smallest absolute Gasteiger partial charge is 0.132 e. The molecule has 1 aromatic carbocycles. The number of hydrogen-bond donors (Lipinski definition) is 2. The van der Waals surface area contributed by atoms with Crippen molar-refractivity contribution in [3.05, 3.63) is 41.6 Å². The normalized spacial score (nSPS) is 14.1. The molecule has 0 atom stereocenters. The molecule has 1 aliphatic heterocycles. The molecule has 76 valence electrons. The van der Waals surface area contributed by atoms with E-state index in [1.807, 2.05) is 35.0 Å². The van der Waals surface area contributed by atoms with Gasteiger partial charge in [0, 0.05) is 18.7 Å². The van der Waals surface area contributed by atoms with Crippen LogP contribution in [0.3, 0.4) is 0 Å². The Hall–Kier alpha value is -1.81. The fourth-order valence-electron chi connectivity index (χ4n) is 1.92. The highest BCUT2D eigenvalue weighted by Crippen LogP contribution is 2.24. The van der Waals surface area contributed by atoms with Crippen molar-refractivity contribution < 1.29 is 0 Å². The maximum Gasteiger partial charge on any atom is 0.132 e. The molecule has 3 N–H and O–H groups in total. The molecule has 1 aromatic heterocycles. The Bertz CT molecular complexity index is 487. The van der Waals surface area contributed by atoms with Gasteiger partial charge in [0.2, 0.25) is 0 Å². The van der Waals surface area contributed by atoms with E-state index in [2.05, 4.69) is 10.4 Å². The van der Waals surface area contributed by atoms with Crippen LogP contribution < -0.4 is 11.1 Å². The number of fused-ring (bicyclic) bond motifs is 1. The van der Waals surface area contributed by atoms with Gasteiger partial charge in [0.1, 0.15) is 5.82 Å². The molecule has 0 radical (unpaired) electrons.